The van der Waals surface area contributed by atoms with Crippen molar-refractivity contribution < 1.29 is 19.5 Å². The fourth-order valence-corrected chi connectivity index (χ4v) is 4.13. The summed E-state index contributed by atoms with van der Waals surface area (Å²) in [5, 5.41) is 12.2. The van der Waals surface area contributed by atoms with Crippen LogP contribution in [0, 0.1) is 0 Å². The largest absolute Gasteiger partial charge is 0.480 e. The smallest absolute Gasteiger partial charge is 0.327 e. The van der Waals surface area contributed by atoms with Crippen molar-refractivity contribution in [2.45, 2.75) is 12.5 Å². The number of carboxylic acids is 1. The minimum atomic E-state index is -1.31. The number of fused-ring (bicyclic) bond motifs is 1. The summed E-state index contributed by atoms with van der Waals surface area (Å²) in [6.45, 7) is 0. The van der Waals surface area contributed by atoms with Gasteiger partial charge in [-0.1, -0.05) is 42.5 Å². The van der Waals surface area contributed by atoms with Gasteiger partial charge in [0.05, 0.1) is 0 Å². The lowest BCUT2D eigenvalue weighted by molar-refractivity contribution is -0.141. The van der Waals surface area contributed by atoms with E-state index >= 15 is 0 Å². The Morgan fingerprint density at radius 1 is 0.931 bits per heavy atom. The van der Waals surface area contributed by atoms with E-state index in [1.165, 1.54) is 0 Å². The number of H-pyrrole nitrogens is 1. The van der Waals surface area contributed by atoms with E-state index in [9.17, 15) is 19.5 Å². The van der Waals surface area contributed by atoms with Gasteiger partial charge in [0.25, 0.3) is 11.8 Å². The summed E-state index contributed by atoms with van der Waals surface area (Å²) in [6, 6.07) is 16.6. The number of aromatic amines is 1. The van der Waals surface area contributed by atoms with Crippen molar-refractivity contribution in [3.63, 3.8) is 0 Å². The molecule has 0 spiro atoms. The molecule has 1 aliphatic heterocycles. The number of nitrogens with zero attached hydrogens (tertiary/aromatic N) is 1. The molecule has 3 aromatic carbocycles. The number of carbonyl (C=O) groups excluding carboxylic acids is 2. The van der Waals surface area contributed by atoms with Crippen LogP contribution in [0.3, 0.4) is 0 Å². The zero-order valence-electron chi connectivity index (χ0n) is 15.3. The summed E-state index contributed by atoms with van der Waals surface area (Å²) in [7, 11) is 0. The van der Waals surface area contributed by atoms with Crippen LogP contribution < -0.4 is 0 Å². The second-order valence-corrected chi connectivity index (χ2v) is 7.11. The lowest BCUT2D eigenvalue weighted by atomic mass is 9.92. The van der Waals surface area contributed by atoms with E-state index in [4.69, 9.17) is 0 Å². The molecule has 5 rings (SSSR count). The molecule has 0 bridgehead atoms. The number of imide groups is 1. The number of hydrogen-bond donors (Lipinski definition) is 2. The maximum atomic E-state index is 13.2. The number of hydrogen-bond acceptors (Lipinski definition) is 3. The molecule has 29 heavy (non-hydrogen) atoms. The molecule has 0 saturated heterocycles. The summed E-state index contributed by atoms with van der Waals surface area (Å²) in [6.07, 6.45) is 1.75. The van der Waals surface area contributed by atoms with Crippen molar-refractivity contribution in [3.05, 3.63) is 83.6 Å². The first-order valence-corrected chi connectivity index (χ1v) is 9.23. The van der Waals surface area contributed by atoms with Crippen LogP contribution in [0.1, 0.15) is 26.3 Å². The van der Waals surface area contributed by atoms with Crippen LogP contribution in [0.5, 0.6) is 0 Å². The van der Waals surface area contributed by atoms with Gasteiger partial charge < -0.3 is 10.1 Å². The molecule has 1 aromatic heterocycles. The van der Waals surface area contributed by atoms with Gasteiger partial charge in [-0.05, 0) is 29.1 Å². The molecule has 2 N–H and O–H groups in total. The highest BCUT2D eigenvalue weighted by Gasteiger charge is 2.40. The minimum Gasteiger partial charge on any atom is -0.480 e. The molecule has 0 saturated carbocycles. The molecule has 0 unspecified atom stereocenters. The normalized spacial score (nSPS) is 14.6. The van der Waals surface area contributed by atoms with E-state index in [0.29, 0.717) is 16.5 Å². The Morgan fingerprint density at radius 3 is 2.24 bits per heavy atom. The van der Waals surface area contributed by atoms with Crippen molar-refractivity contribution in [2.24, 2.45) is 0 Å². The Balaban J connectivity index is 1.62. The fourth-order valence-electron chi connectivity index (χ4n) is 4.13. The summed E-state index contributed by atoms with van der Waals surface area (Å²) < 4.78 is 0. The second kappa shape index (κ2) is 6.31. The molecule has 6 nitrogen and oxygen atoms in total. The Bertz CT molecular complexity index is 1270. The molecule has 4 aromatic rings. The highest BCUT2D eigenvalue weighted by atomic mass is 16.4. The van der Waals surface area contributed by atoms with Crippen molar-refractivity contribution in [1.29, 1.82) is 0 Å². The van der Waals surface area contributed by atoms with E-state index in [1.807, 2.05) is 36.4 Å². The Morgan fingerprint density at radius 2 is 1.59 bits per heavy atom. The van der Waals surface area contributed by atoms with Crippen LogP contribution in [-0.4, -0.2) is 38.8 Å². The maximum Gasteiger partial charge on any atom is 0.327 e. The molecule has 1 aliphatic rings. The van der Waals surface area contributed by atoms with Crippen LogP contribution in [0.25, 0.3) is 21.7 Å². The minimum absolute atomic E-state index is 0.0228. The highest BCUT2D eigenvalue weighted by Crippen LogP contribution is 2.32. The zero-order valence-corrected chi connectivity index (χ0v) is 15.3. The van der Waals surface area contributed by atoms with Crippen LogP contribution in [-0.2, 0) is 11.2 Å². The number of aliphatic carboxylic acids is 1. The van der Waals surface area contributed by atoms with Gasteiger partial charge in [0.1, 0.15) is 6.04 Å². The third-order valence-corrected chi connectivity index (χ3v) is 5.49. The Labute approximate surface area is 165 Å². The summed E-state index contributed by atoms with van der Waals surface area (Å²) in [5.41, 5.74) is 2.31. The second-order valence-electron chi connectivity index (χ2n) is 7.11. The molecule has 142 valence electrons. The van der Waals surface area contributed by atoms with Gasteiger partial charge in [-0.15, -0.1) is 0 Å². The van der Waals surface area contributed by atoms with Crippen LogP contribution in [0.2, 0.25) is 0 Å². The SMILES string of the molecule is O=C(O)[C@@H](Cc1c[nH]c2ccccc12)N1C(=O)c2cccc3cccc(c23)C1=O. The van der Waals surface area contributed by atoms with Gasteiger partial charge in [-0.2, -0.15) is 0 Å². The molecule has 0 radical (unpaired) electrons. The topological polar surface area (TPSA) is 90.5 Å². The predicted octanol–water partition coefficient (Wildman–Crippen LogP) is 3.61. The highest BCUT2D eigenvalue weighted by molar-refractivity contribution is 6.26. The summed E-state index contributed by atoms with van der Waals surface area (Å²) in [4.78, 5) is 42.5. The van der Waals surface area contributed by atoms with Crippen molar-refractivity contribution in [1.82, 2.24) is 9.88 Å². The molecule has 0 aliphatic carbocycles. The van der Waals surface area contributed by atoms with Gasteiger partial charge >= 0.3 is 5.97 Å². The first-order valence-electron chi connectivity index (χ1n) is 9.23. The third kappa shape index (κ3) is 2.53. The zero-order chi connectivity index (χ0) is 20.1. The van der Waals surface area contributed by atoms with Gasteiger partial charge in [-0.3, -0.25) is 14.5 Å². The maximum absolute atomic E-state index is 13.2. The monoisotopic (exact) mass is 384 g/mol. The number of benzene rings is 3. The molecular formula is C23H16N2O4. The number of carboxylic acid groups (broad SMARTS) is 1. The molecule has 6 heteroatoms. The van der Waals surface area contributed by atoms with Crippen molar-refractivity contribution in [3.8, 4) is 0 Å². The average Bonchev–Trinajstić information content (AvgIpc) is 3.14. The molecule has 0 fully saturated rings. The average molecular weight is 384 g/mol. The van der Waals surface area contributed by atoms with Crippen molar-refractivity contribution in [2.75, 3.05) is 0 Å². The van der Waals surface area contributed by atoms with Crippen LogP contribution in [0.4, 0.5) is 0 Å². The fraction of sp³-hybridized carbons (Fsp3) is 0.0870. The van der Waals surface area contributed by atoms with E-state index in [0.717, 1.165) is 26.8 Å². The number of para-hydroxylation sites is 1. The first kappa shape index (κ1) is 17.2. The summed E-state index contributed by atoms with van der Waals surface area (Å²) >= 11 is 0. The quantitative estimate of drug-likeness (QED) is 0.526. The predicted molar refractivity (Wildman–Crippen MR) is 108 cm³/mol. The van der Waals surface area contributed by atoms with Gasteiger partial charge in [0, 0.05) is 40.0 Å². The number of rotatable bonds is 4. The van der Waals surface area contributed by atoms with Gasteiger partial charge in [-0.25, -0.2) is 4.79 Å². The number of carbonyl (C=O) groups is 3. The lowest BCUT2D eigenvalue weighted by Crippen LogP contribution is -2.51. The third-order valence-electron chi connectivity index (χ3n) is 5.49. The van der Waals surface area contributed by atoms with Gasteiger partial charge in [0.15, 0.2) is 0 Å². The van der Waals surface area contributed by atoms with Crippen LogP contribution >= 0.6 is 0 Å². The van der Waals surface area contributed by atoms with E-state index in [1.54, 1.807) is 30.5 Å². The standard InChI is InChI=1S/C23H16N2O4/c26-21-16-8-3-5-13-6-4-9-17(20(13)16)22(27)25(21)19(23(28)29)11-14-12-24-18-10-2-1-7-15(14)18/h1-10,12,19,24H,11H2,(H,28,29)/t19-/m1/s1. The van der Waals surface area contributed by atoms with E-state index in [-0.39, 0.29) is 6.42 Å². The van der Waals surface area contributed by atoms with E-state index in [2.05, 4.69) is 4.98 Å². The van der Waals surface area contributed by atoms with Crippen molar-refractivity contribution >= 4 is 39.5 Å². The van der Waals surface area contributed by atoms with Gasteiger partial charge in [0.2, 0.25) is 0 Å². The number of amides is 2. The van der Waals surface area contributed by atoms with E-state index < -0.39 is 23.8 Å². The molecule has 2 heterocycles. The number of nitrogens with one attached hydrogen (secondary N) is 1. The molecule has 1 atom stereocenters. The lowest BCUT2D eigenvalue weighted by Gasteiger charge is -2.31. The molecular weight excluding hydrogens is 368 g/mol. The Hall–Kier alpha value is -3.93. The first-order chi connectivity index (χ1) is 14.1. The number of aromatic nitrogens is 1. The summed E-state index contributed by atoms with van der Waals surface area (Å²) in [5.74, 6) is -2.37. The van der Waals surface area contributed by atoms with Crippen LogP contribution in [0.15, 0.2) is 66.9 Å². The Kier molecular flexibility index (Phi) is 3.74. The molecule has 2 amide bonds.